The first-order valence-corrected chi connectivity index (χ1v) is 3.75. The van der Waals surface area contributed by atoms with Crippen molar-refractivity contribution in [2.75, 3.05) is 17.6 Å². The Balaban J connectivity index is 3.18. The number of nitrogen functional groups attached to an aromatic ring is 1. The summed E-state index contributed by atoms with van der Waals surface area (Å²) in [6.45, 7) is 4.35. The molecular weight excluding hydrogens is 156 g/mol. The molecule has 1 heterocycles. The highest BCUT2D eigenvalue weighted by molar-refractivity contribution is 5.44. The zero-order chi connectivity index (χ0) is 9.14. The lowest BCUT2D eigenvalue weighted by Crippen LogP contribution is -2.17. The lowest BCUT2D eigenvalue weighted by Gasteiger charge is -2.04. The number of H-pyrrole nitrogens is 1. The van der Waals surface area contributed by atoms with Crippen molar-refractivity contribution in [2.45, 2.75) is 13.8 Å². The maximum absolute atomic E-state index is 11.1. The van der Waals surface area contributed by atoms with E-state index in [-0.39, 0.29) is 11.5 Å². The van der Waals surface area contributed by atoms with Gasteiger partial charge in [-0.05, 0) is 13.8 Å². The van der Waals surface area contributed by atoms with Gasteiger partial charge in [-0.3, -0.25) is 9.78 Å². The highest BCUT2D eigenvalue weighted by atomic mass is 16.1. The van der Waals surface area contributed by atoms with Gasteiger partial charge >= 0.3 is 0 Å². The van der Waals surface area contributed by atoms with Crippen LogP contribution in [0.25, 0.3) is 0 Å². The summed E-state index contributed by atoms with van der Waals surface area (Å²) in [7, 11) is 0. The van der Waals surface area contributed by atoms with Gasteiger partial charge in [0.25, 0.3) is 5.56 Å². The minimum atomic E-state index is -0.196. The second-order valence-electron chi connectivity index (χ2n) is 2.46. The average molecular weight is 168 g/mol. The van der Waals surface area contributed by atoms with Gasteiger partial charge in [-0.25, -0.2) is 0 Å². The van der Waals surface area contributed by atoms with E-state index in [0.29, 0.717) is 11.4 Å². The molecule has 1 aromatic rings. The molecule has 0 saturated carbocycles. The molecule has 4 N–H and O–H groups in total. The number of hydrogen-bond acceptors (Lipinski definition) is 4. The van der Waals surface area contributed by atoms with Crippen LogP contribution >= 0.6 is 0 Å². The quantitative estimate of drug-likeness (QED) is 0.584. The molecule has 0 unspecified atom stereocenters. The first kappa shape index (κ1) is 8.58. The van der Waals surface area contributed by atoms with Crippen LogP contribution in [0, 0.1) is 6.92 Å². The van der Waals surface area contributed by atoms with Gasteiger partial charge in [-0.15, -0.1) is 0 Å². The smallest absolute Gasteiger partial charge is 0.257 e. The summed E-state index contributed by atoms with van der Waals surface area (Å²) >= 11 is 0. The molecule has 0 fully saturated rings. The number of anilines is 2. The van der Waals surface area contributed by atoms with Gasteiger partial charge < -0.3 is 11.1 Å². The Morgan fingerprint density at radius 3 is 2.92 bits per heavy atom. The molecule has 0 amide bonds. The SMILES string of the molecule is CCNc1nc(N)[nH]c(=O)c1C. The van der Waals surface area contributed by atoms with Gasteiger partial charge in [-0.1, -0.05) is 0 Å². The van der Waals surface area contributed by atoms with E-state index in [1.807, 2.05) is 6.92 Å². The Hall–Kier alpha value is -1.52. The summed E-state index contributed by atoms with van der Waals surface area (Å²) in [5.74, 6) is 0.695. The second-order valence-corrected chi connectivity index (χ2v) is 2.46. The Kier molecular flexibility index (Phi) is 2.32. The summed E-state index contributed by atoms with van der Waals surface area (Å²) < 4.78 is 0. The first-order chi connectivity index (χ1) is 5.65. The zero-order valence-electron chi connectivity index (χ0n) is 7.14. The van der Waals surface area contributed by atoms with Crippen molar-refractivity contribution in [2.24, 2.45) is 0 Å². The van der Waals surface area contributed by atoms with Crippen molar-refractivity contribution in [3.63, 3.8) is 0 Å². The topological polar surface area (TPSA) is 83.8 Å². The molecule has 5 heteroatoms. The molecule has 12 heavy (non-hydrogen) atoms. The molecule has 0 aliphatic carbocycles. The number of nitrogens with zero attached hydrogens (tertiary/aromatic N) is 1. The second kappa shape index (κ2) is 3.25. The molecule has 0 spiro atoms. The lowest BCUT2D eigenvalue weighted by molar-refractivity contribution is 1.06. The van der Waals surface area contributed by atoms with Crippen molar-refractivity contribution in [1.82, 2.24) is 9.97 Å². The zero-order valence-corrected chi connectivity index (χ0v) is 7.14. The van der Waals surface area contributed by atoms with Gasteiger partial charge in [0.05, 0.1) is 5.56 Å². The van der Waals surface area contributed by atoms with Crippen LogP contribution in [0.5, 0.6) is 0 Å². The summed E-state index contributed by atoms with van der Waals surface area (Å²) in [6, 6.07) is 0. The standard InChI is InChI=1S/C7H12N4O/c1-3-9-5-4(2)6(12)11-7(8)10-5/h3H2,1-2H3,(H4,8,9,10,11,12). The molecule has 1 aromatic heterocycles. The Morgan fingerprint density at radius 1 is 1.67 bits per heavy atom. The third kappa shape index (κ3) is 1.55. The Morgan fingerprint density at radius 2 is 2.33 bits per heavy atom. The van der Waals surface area contributed by atoms with Crippen LogP contribution in [-0.2, 0) is 0 Å². The Labute approximate surface area is 70.0 Å². The monoisotopic (exact) mass is 168 g/mol. The van der Waals surface area contributed by atoms with E-state index >= 15 is 0 Å². The van der Waals surface area contributed by atoms with Gasteiger partial charge in [-0.2, -0.15) is 4.98 Å². The number of nitrogens with one attached hydrogen (secondary N) is 2. The van der Waals surface area contributed by atoms with E-state index in [0.717, 1.165) is 6.54 Å². The minimum absolute atomic E-state index is 0.140. The van der Waals surface area contributed by atoms with E-state index in [9.17, 15) is 4.79 Å². The molecule has 1 rings (SSSR count). The van der Waals surface area contributed by atoms with E-state index < -0.39 is 0 Å². The first-order valence-electron chi connectivity index (χ1n) is 3.75. The van der Waals surface area contributed by atoms with Crippen molar-refractivity contribution in [3.8, 4) is 0 Å². The molecule has 0 atom stereocenters. The van der Waals surface area contributed by atoms with Crippen LogP contribution in [0.1, 0.15) is 12.5 Å². The highest BCUT2D eigenvalue weighted by Gasteiger charge is 2.03. The Bertz CT molecular complexity index is 331. The largest absolute Gasteiger partial charge is 0.370 e. The lowest BCUT2D eigenvalue weighted by atomic mass is 10.3. The molecule has 0 radical (unpaired) electrons. The fraction of sp³-hybridized carbons (Fsp3) is 0.429. The number of hydrogen-bond donors (Lipinski definition) is 3. The van der Waals surface area contributed by atoms with E-state index in [1.165, 1.54) is 0 Å². The van der Waals surface area contributed by atoms with Crippen LogP contribution in [0.3, 0.4) is 0 Å². The summed E-state index contributed by atoms with van der Waals surface area (Å²) in [6.07, 6.45) is 0. The van der Waals surface area contributed by atoms with Gasteiger partial charge in [0.15, 0.2) is 0 Å². The molecule has 0 aliphatic rings. The fourth-order valence-electron chi connectivity index (χ4n) is 0.889. The average Bonchev–Trinajstić information content (AvgIpc) is 2.00. The van der Waals surface area contributed by atoms with Crippen molar-refractivity contribution in [3.05, 3.63) is 15.9 Å². The third-order valence-corrected chi connectivity index (χ3v) is 1.51. The number of aromatic nitrogens is 2. The van der Waals surface area contributed by atoms with Crippen LogP contribution < -0.4 is 16.6 Å². The molecular formula is C7H12N4O. The van der Waals surface area contributed by atoms with Crippen LogP contribution in [0.4, 0.5) is 11.8 Å². The van der Waals surface area contributed by atoms with Gasteiger partial charge in [0.1, 0.15) is 5.82 Å². The predicted molar refractivity (Wildman–Crippen MR) is 48.2 cm³/mol. The summed E-state index contributed by atoms with van der Waals surface area (Å²) in [5.41, 5.74) is 5.72. The van der Waals surface area contributed by atoms with Crippen molar-refractivity contribution in [1.29, 1.82) is 0 Å². The van der Waals surface area contributed by atoms with Crippen LogP contribution in [-0.4, -0.2) is 16.5 Å². The number of aromatic amines is 1. The summed E-state index contributed by atoms with van der Waals surface area (Å²) in [5, 5.41) is 2.95. The van der Waals surface area contributed by atoms with Crippen LogP contribution in [0.15, 0.2) is 4.79 Å². The van der Waals surface area contributed by atoms with Crippen molar-refractivity contribution < 1.29 is 0 Å². The van der Waals surface area contributed by atoms with Gasteiger partial charge in [0.2, 0.25) is 5.95 Å². The van der Waals surface area contributed by atoms with Gasteiger partial charge in [0, 0.05) is 6.54 Å². The normalized spacial score (nSPS) is 9.83. The molecule has 0 bridgehead atoms. The van der Waals surface area contributed by atoms with E-state index in [1.54, 1.807) is 6.92 Å². The molecule has 0 aromatic carbocycles. The molecule has 66 valence electrons. The molecule has 0 saturated heterocycles. The van der Waals surface area contributed by atoms with E-state index in [2.05, 4.69) is 15.3 Å². The van der Waals surface area contributed by atoms with Crippen molar-refractivity contribution >= 4 is 11.8 Å². The number of rotatable bonds is 2. The third-order valence-electron chi connectivity index (χ3n) is 1.51. The van der Waals surface area contributed by atoms with E-state index in [4.69, 9.17) is 5.73 Å². The summed E-state index contributed by atoms with van der Waals surface area (Å²) in [4.78, 5) is 17.5. The highest BCUT2D eigenvalue weighted by Crippen LogP contribution is 2.05. The van der Waals surface area contributed by atoms with Crippen LogP contribution in [0.2, 0.25) is 0 Å². The number of nitrogens with two attached hydrogens (primary N) is 1. The molecule has 5 nitrogen and oxygen atoms in total. The fourth-order valence-corrected chi connectivity index (χ4v) is 0.889. The predicted octanol–water partition coefficient (Wildman–Crippen LogP) is 0.0923. The molecule has 0 aliphatic heterocycles. The minimum Gasteiger partial charge on any atom is -0.370 e. The maximum atomic E-state index is 11.1. The maximum Gasteiger partial charge on any atom is 0.257 e.